The number of aliphatic hydroxyl groups excluding tert-OH is 1. The predicted molar refractivity (Wildman–Crippen MR) is 162 cm³/mol. The van der Waals surface area contributed by atoms with Crippen molar-refractivity contribution in [2.45, 2.75) is 44.4 Å². The van der Waals surface area contributed by atoms with Crippen molar-refractivity contribution in [1.82, 2.24) is 4.90 Å². The number of carbonyl (C=O) groups is 3. The van der Waals surface area contributed by atoms with Gasteiger partial charge in [-0.25, -0.2) is 0 Å². The van der Waals surface area contributed by atoms with E-state index in [-0.39, 0.29) is 44.0 Å². The van der Waals surface area contributed by atoms with Crippen molar-refractivity contribution in [1.29, 1.82) is 0 Å². The molecule has 1 saturated heterocycles. The SMILES string of the molecule is C[C@H](/C=C/CC(=O)N1CCC[C@H]1CO)[C@@]1(O)C(=O)N(Cc2ccc(N3C(=O)COc4ccccc43)cc2)c2ccccc21. The molecular formula is C34H35N3O6. The highest BCUT2D eigenvalue weighted by atomic mass is 16.5. The van der Waals surface area contributed by atoms with Crippen molar-refractivity contribution in [2.75, 3.05) is 29.6 Å². The number of hydrogen-bond acceptors (Lipinski definition) is 6. The molecule has 0 unspecified atom stereocenters. The molecule has 0 spiro atoms. The van der Waals surface area contributed by atoms with Crippen LogP contribution in [0.4, 0.5) is 17.1 Å². The van der Waals surface area contributed by atoms with Gasteiger partial charge < -0.3 is 24.7 Å². The molecule has 3 aliphatic heterocycles. The fourth-order valence-electron chi connectivity index (χ4n) is 6.36. The topological polar surface area (TPSA) is 111 Å². The third-order valence-electron chi connectivity index (χ3n) is 8.70. The maximum atomic E-state index is 13.9. The Kier molecular flexibility index (Phi) is 7.77. The minimum atomic E-state index is -1.79. The van der Waals surface area contributed by atoms with Crippen LogP contribution in [-0.4, -0.2) is 58.6 Å². The van der Waals surface area contributed by atoms with Gasteiger partial charge in [-0.15, -0.1) is 0 Å². The standard InChI is InChI=1S/C34H35N3O6/c1-23(8-6-14-31(39)35-19-7-9-26(35)21-38)34(42)27-10-2-3-11-28(27)36(33(34)41)20-24-15-17-25(18-16-24)37-29-12-4-5-13-30(29)43-22-32(37)40/h2-6,8,10-13,15-18,23,26,38,42H,7,9,14,19-22H2,1H3/b8-6+/t23-,26+,34+/m1/s1. The number of fused-ring (bicyclic) bond motifs is 2. The van der Waals surface area contributed by atoms with E-state index in [1.165, 1.54) is 0 Å². The van der Waals surface area contributed by atoms with E-state index in [1.54, 1.807) is 45.9 Å². The Labute approximate surface area is 250 Å². The molecule has 2 N–H and O–H groups in total. The van der Waals surface area contributed by atoms with Crippen LogP contribution in [0.5, 0.6) is 5.75 Å². The van der Waals surface area contributed by atoms with Gasteiger partial charge in [0.05, 0.1) is 30.6 Å². The van der Waals surface area contributed by atoms with Crippen LogP contribution in [0.3, 0.4) is 0 Å². The fraction of sp³-hybridized carbons (Fsp3) is 0.324. The smallest absolute Gasteiger partial charge is 0.269 e. The lowest BCUT2D eigenvalue weighted by molar-refractivity contribution is -0.139. The lowest BCUT2D eigenvalue weighted by Gasteiger charge is -2.29. The number of benzene rings is 3. The number of para-hydroxylation sites is 3. The molecule has 0 radical (unpaired) electrons. The molecule has 1 fully saturated rings. The van der Waals surface area contributed by atoms with Crippen LogP contribution in [0, 0.1) is 5.92 Å². The zero-order valence-corrected chi connectivity index (χ0v) is 24.1. The molecule has 9 heteroatoms. The Bertz CT molecular complexity index is 1570. The Morgan fingerprint density at radius 1 is 1.05 bits per heavy atom. The average Bonchev–Trinajstić information content (AvgIpc) is 3.60. The van der Waals surface area contributed by atoms with Crippen LogP contribution in [0.1, 0.15) is 37.3 Å². The van der Waals surface area contributed by atoms with Crippen molar-refractivity contribution in [3.05, 3.63) is 96.1 Å². The molecule has 43 heavy (non-hydrogen) atoms. The van der Waals surface area contributed by atoms with E-state index in [0.717, 1.165) is 18.4 Å². The first-order chi connectivity index (χ1) is 20.8. The van der Waals surface area contributed by atoms with Gasteiger partial charge in [0.1, 0.15) is 5.75 Å². The highest BCUT2D eigenvalue weighted by molar-refractivity contribution is 6.07. The van der Waals surface area contributed by atoms with E-state index in [2.05, 4.69) is 0 Å². The number of likely N-dealkylation sites (tertiary alicyclic amines) is 1. The van der Waals surface area contributed by atoms with Gasteiger partial charge >= 0.3 is 0 Å². The molecule has 0 bridgehead atoms. The number of rotatable bonds is 8. The summed E-state index contributed by atoms with van der Waals surface area (Å²) >= 11 is 0. The van der Waals surface area contributed by atoms with Crippen molar-refractivity contribution in [3.8, 4) is 5.75 Å². The Morgan fingerprint density at radius 2 is 1.77 bits per heavy atom. The summed E-state index contributed by atoms with van der Waals surface area (Å²) < 4.78 is 5.56. The summed E-state index contributed by atoms with van der Waals surface area (Å²) in [7, 11) is 0. The van der Waals surface area contributed by atoms with Gasteiger partial charge in [-0.2, -0.15) is 0 Å². The van der Waals surface area contributed by atoms with Crippen LogP contribution in [0.2, 0.25) is 0 Å². The summed E-state index contributed by atoms with van der Waals surface area (Å²) in [5.41, 5.74) is 1.58. The highest BCUT2D eigenvalue weighted by Crippen LogP contribution is 2.46. The maximum Gasteiger partial charge on any atom is 0.269 e. The van der Waals surface area contributed by atoms with E-state index in [1.807, 2.05) is 60.7 Å². The number of anilines is 3. The van der Waals surface area contributed by atoms with Gasteiger partial charge in [0.25, 0.3) is 11.8 Å². The van der Waals surface area contributed by atoms with Crippen LogP contribution in [0.15, 0.2) is 84.9 Å². The maximum absolute atomic E-state index is 13.9. The lowest BCUT2D eigenvalue weighted by atomic mass is 9.83. The second-order valence-electron chi connectivity index (χ2n) is 11.3. The number of hydrogen-bond donors (Lipinski definition) is 2. The molecule has 3 aromatic carbocycles. The molecule has 222 valence electrons. The van der Waals surface area contributed by atoms with Crippen molar-refractivity contribution < 1.29 is 29.3 Å². The Morgan fingerprint density at radius 3 is 2.53 bits per heavy atom. The highest BCUT2D eigenvalue weighted by Gasteiger charge is 2.52. The Balaban J connectivity index is 1.19. The average molecular weight is 582 g/mol. The quantitative estimate of drug-likeness (QED) is 0.389. The fourth-order valence-corrected chi connectivity index (χ4v) is 6.36. The molecule has 3 heterocycles. The zero-order valence-electron chi connectivity index (χ0n) is 24.1. The molecular weight excluding hydrogens is 546 g/mol. The molecule has 3 aromatic rings. The summed E-state index contributed by atoms with van der Waals surface area (Å²) in [6.07, 6.45) is 5.25. The first kappa shape index (κ1) is 28.6. The molecule has 3 atom stereocenters. The molecule has 9 nitrogen and oxygen atoms in total. The monoisotopic (exact) mass is 581 g/mol. The van der Waals surface area contributed by atoms with Gasteiger partial charge in [-0.05, 0) is 48.7 Å². The third kappa shape index (κ3) is 5.08. The van der Waals surface area contributed by atoms with Gasteiger partial charge in [0.2, 0.25) is 5.91 Å². The minimum Gasteiger partial charge on any atom is -0.482 e. The summed E-state index contributed by atoms with van der Waals surface area (Å²) in [5.74, 6) is -0.628. The van der Waals surface area contributed by atoms with Crippen LogP contribution in [-0.2, 0) is 26.5 Å². The zero-order chi connectivity index (χ0) is 30.1. The van der Waals surface area contributed by atoms with E-state index in [4.69, 9.17) is 4.74 Å². The first-order valence-corrected chi connectivity index (χ1v) is 14.7. The van der Waals surface area contributed by atoms with E-state index in [0.29, 0.717) is 34.9 Å². The van der Waals surface area contributed by atoms with Gasteiger partial charge in [0.15, 0.2) is 12.2 Å². The first-order valence-electron chi connectivity index (χ1n) is 14.7. The van der Waals surface area contributed by atoms with Crippen LogP contribution < -0.4 is 14.5 Å². The molecule has 6 rings (SSSR count). The summed E-state index contributed by atoms with van der Waals surface area (Å²) in [5, 5.41) is 21.4. The van der Waals surface area contributed by atoms with Gasteiger partial charge in [0, 0.05) is 30.1 Å². The summed E-state index contributed by atoms with van der Waals surface area (Å²) in [6, 6.07) is 21.9. The number of amides is 3. The second-order valence-corrected chi connectivity index (χ2v) is 11.3. The predicted octanol–water partition coefficient (Wildman–Crippen LogP) is 4.04. The van der Waals surface area contributed by atoms with Crippen molar-refractivity contribution >= 4 is 34.8 Å². The lowest BCUT2D eigenvalue weighted by Crippen LogP contribution is -2.44. The van der Waals surface area contributed by atoms with Crippen LogP contribution in [0.25, 0.3) is 0 Å². The summed E-state index contributed by atoms with van der Waals surface area (Å²) in [4.78, 5) is 44.3. The molecule has 3 amide bonds. The van der Waals surface area contributed by atoms with Crippen LogP contribution >= 0.6 is 0 Å². The number of carbonyl (C=O) groups excluding carboxylic acids is 3. The molecule has 0 saturated carbocycles. The van der Waals surface area contributed by atoms with E-state index >= 15 is 0 Å². The number of ether oxygens (including phenoxy) is 1. The van der Waals surface area contributed by atoms with Crippen molar-refractivity contribution in [3.63, 3.8) is 0 Å². The number of aliphatic hydroxyl groups is 2. The molecule has 0 aromatic heterocycles. The van der Waals surface area contributed by atoms with E-state index in [9.17, 15) is 24.6 Å². The largest absolute Gasteiger partial charge is 0.482 e. The molecule has 3 aliphatic rings. The van der Waals surface area contributed by atoms with Gasteiger partial charge in [-0.3, -0.25) is 19.3 Å². The number of nitrogens with zero attached hydrogens (tertiary/aromatic N) is 3. The van der Waals surface area contributed by atoms with Crippen molar-refractivity contribution in [2.24, 2.45) is 5.92 Å². The third-order valence-corrected chi connectivity index (χ3v) is 8.70. The summed E-state index contributed by atoms with van der Waals surface area (Å²) in [6.45, 7) is 2.55. The normalized spacial score (nSPS) is 22.1. The van der Waals surface area contributed by atoms with E-state index < -0.39 is 17.4 Å². The van der Waals surface area contributed by atoms with Gasteiger partial charge in [-0.1, -0.05) is 61.5 Å². The second kappa shape index (κ2) is 11.7. The Hall–Kier alpha value is -4.47. The molecule has 0 aliphatic carbocycles. The minimum absolute atomic E-state index is 0.0430.